The molecule has 1 heteroatoms. The summed E-state index contributed by atoms with van der Waals surface area (Å²) in [5, 5.41) is 6.32. The van der Waals surface area contributed by atoms with Gasteiger partial charge in [-0.1, -0.05) is 115 Å². The number of allylic oxidation sites excluding steroid dienone is 4. The highest BCUT2D eigenvalue weighted by Crippen LogP contribution is 2.41. The van der Waals surface area contributed by atoms with Crippen molar-refractivity contribution >= 4 is 23.6 Å². The van der Waals surface area contributed by atoms with Gasteiger partial charge in [-0.25, -0.2) is 0 Å². The molecule has 0 saturated carbocycles. The Balaban J connectivity index is 2.27. The van der Waals surface area contributed by atoms with Crippen LogP contribution in [0.1, 0.15) is 63.8 Å². The molecule has 0 radical (unpaired) electrons. The molecule has 4 rings (SSSR count). The molecule has 0 saturated heterocycles. The maximum atomic E-state index is 2.56. The topological polar surface area (TPSA) is 0 Å². The predicted octanol–water partition coefficient (Wildman–Crippen LogP) is 6.74. The third-order valence-electron chi connectivity index (χ3n) is 8.41. The second-order valence-corrected chi connectivity index (χ2v) is 13.9. The number of aryl methyl sites for hydroxylation is 4. The summed E-state index contributed by atoms with van der Waals surface area (Å²) in [7, 11) is -2.55. The number of hydrogen-bond donors (Lipinski definition) is 0. The SMILES string of the molecule is CCc1cc(CC)cc([Si](C2=C(C)C(C)=C(C)C2C)(c2ccccc2)c2c(C)cccc2C)c1. The summed E-state index contributed by atoms with van der Waals surface area (Å²) in [6, 6.07) is 25.9. The van der Waals surface area contributed by atoms with Crippen LogP contribution in [0.2, 0.25) is 0 Å². The van der Waals surface area contributed by atoms with Gasteiger partial charge in [-0.2, -0.15) is 0 Å². The third kappa shape index (κ3) is 3.75. The summed E-state index contributed by atoms with van der Waals surface area (Å²) in [6.45, 7) is 18.8. The minimum atomic E-state index is -2.55. The highest BCUT2D eigenvalue weighted by Gasteiger charge is 2.49. The van der Waals surface area contributed by atoms with Crippen molar-refractivity contribution in [2.75, 3.05) is 0 Å². The molecule has 0 N–H and O–H groups in total. The standard InChI is InChI=1S/C33H40Si/c1-9-28-19-29(10-2)21-31(20-28)34(30-17-12-11-13-18-30,32-22(3)15-14-16-23(32)4)33-26(7)24(5)25(6)27(33)8/h11-21,26H,9-10H2,1-8H3. The molecule has 0 amide bonds. The van der Waals surface area contributed by atoms with Gasteiger partial charge in [-0.15, -0.1) is 0 Å². The van der Waals surface area contributed by atoms with Gasteiger partial charge in [0.1, 0.15) is 0 Å². The summed E-state index contributed by atoms with van der Waals surface area (Å²) < 4.78 is 0. The Kier molecular flexibility index (Phi) is 6.87. The van der Waals surface area contributed by atoms with E-state index in [-0.39, 0.29) is 0 Å². The van der Waals surface area contributed by atoms with Gasteiger partial charge in [-0.3, -0.25) is 0 Å². The van der Waals surface area contributed by atoms with Crippen molar-refractivity contribution < 1.29 is 0 Å². The lowest BCUT2D eigenvalue weighted by atomic mass is 10.1. The van der Waals surface area contributed by atoms with Crippen molar-refractivity contribution in [1.82, 2.24) is 0 Å². The van der Waals surface area contributed by atoms with Crippen molar-refractivity contribution in [2.45, 2.75) is 68.2 Å². The van der Waals surface area contributed by atoms with E-state index in [4.69, 9.17) is 0 Å². The summed E-state index contributed by atoms with van der Waals surface area (Å²) in [4.78, 5) is 0. The molecule has 0 fully saturated rings. The van der Waals surface area contributed by atoms with Crippen LogP contribution in [0, 0.1) is 19.8 Å². The smallest absolute Gasteiger partial charge is 0.0636 e. The average molecular weight is 465 g/mol. The highest BCUT2D eigenvalue weighted by molar-refractivity contribution is 7.16. The monoisotopic (exact) mass is 464 g/mol. The van der Waals surface area contributed by atoms with Crippen LogP contribution in [0.5, 0.6) is 0 Å². The van der Waals surface area contributed by atoms with Crippen LogP contribution in [-0.4, -0.2) is 8.07 Å². The molecule has 34 heavy (non-hydrogen) atoms. The first-order chi connectivity index (χ1) is 16.3. The molecule has 0 nitrogen and oxygen atoms in total. The highest BCUT2D eigenvalue weighted by atomic mass is 28.3. The fraction of sp³-hybridized carbons (Fsp3) is 0.333. The van der Waals surface area contributed by atoms with E-state index in [1.807, 2.05) is 0 Å². The minimum Gasteiger partial charge on any atom is -0.0636 e. The van der Waals surface area contributed by atoms with Crippen molar-refractivity contribution in [3.05, 3.63) is 111 Å². The first-order valence-electron chi connectivity index (χ1n) is 12.9. The predicted molar refractivity (Wildman–Crippen MR) is 152 cm³/mol. The van der Waals surface area contributed by atoms with Gasteiger partial charge in [-0.05, 0) is 85.6 Å². The van der Waals surface area contributed by atoms with E-state index in [1.165, 1.54) is 44.2 Å². The van der Waals surface area contributed by atoms with Crippen LogP contribution in [0.25, 0.3) is 0 Å². The summed E-state index contributed by atoms with van der Waals surface area (Å²) in [6.07, 6.45) is 2.13. The maximum absolute atomic E-state index is 2.56. The Labute approximate surface area is 208 Å². The molecule has 2 atom stereocenters. The van der Waals surface area contributed by atoms with Gasteiger partial charge < -0.3 is 0 Å². The second-order valence-electron chi connectivity index (χ2n) is 10.2. The molecular formula is C33H40Si. The van der Waals surface area contributed by atoms with Crippen molar-refractivity contribution in [3.63, 3.8) is 0 Å². The summed E-state index contributed by atoms with van der Waals surface area (Å²) >= 11 is 0. The van der Waals surface area contributed by atoms with Gasteiger partial charge >= 0.3 is 0 Å². The largest absolute Gasteiger partial charge is 0.177 e. The van der Waals surface area contributed by atoms with Crippen LogP contribution in [0.3, 0.4) is 0 Å². The minimum absolute atomic E-state index is 0.446. The zero-order chi connectivity index (χ0) is 24.6. The lowest BCUT2D eigenvalue weighted by Crippen LogP contribution is -2.71. The molecule has 1 aliphatic rings. The first kappa shape index (κ1) is 24.5. The van der Waals surface area contributed by atoms with Gasteiger partial charge in [0.15, 0.2) is 8.07 Å². The molecule has 0 aromatic heterocycles. The van der Waals surface area contributed by atoms with Crippen LogP contribution in [0.15, 0.2) is 88.6 Å². The quantitative estimate of drug-likeness (QED) is 0.280. The average Bonchev–Trinajstić information content (AvgIpc) is 3.04. The van der Waals surface area contributed by atoms with Crippen LogP contribution >= 0.6 is 0 Å². The Hall–Kier alpha value is -2.64. The summed E-state index contributed by atoms with van der Waals surface area (Å²) in [5.74, 6) is 0.446. The van der Waals surface area contributed by atoms with Gasteiger partial charge in [0.05, 0.1) is 0 Å². The second kappa shape index (κ2) is 9.54. The van der Waals surface area contributed by atoms with Crippen LogP contribution in [0.4, 0.5) is 0 Å². The Morgan fingerprint density at radius 1 is 0.647 bits per heavy atom. The third-order valence-corrected chi connectivity index (χ3v) is 13.9. The zero-order valence-corrected chi connectivity index (χ0v) is 23.3. The molecule has 0 aliphatic heterocycles. The Bertz CT molecular complexity index is 1230. The molecule has 3 aromatic carbocycles. The molecule has 0 heterocycles. The molecule has 176 valence electrons. The van der Waals surface area contributed by atoms with E-state index in [2.05, 4.69) is 122 Å². The fourth-order valence-corrected chi connectivity index (χ4v) is 12.6. The van der Waals surface area contributed by atoms with E-state index in [9.17, 15) is 0 Å². The Morgan fingerprint density at radius 2 is 1.21 bits per heavy atom. The Morgan fingerprint density at radius 3 is 1.68 bits per heavy atom. The first-order valence-corrected chi connectivity index (χ1v) is 14.9. The molecule has 3 aromatic rings. The van der Waals surface area contributed by atoms with Crippen molar-refractivity contribution in [1.29, 1.82) is 0 Å². The van der Waals surface area contributed by atoms with E-state index in [0.29, 0.717) is 5.92 Å². The van der Waals surface area contributed by atoms with Crippen LogP contribution in [-0.2, 0) is 12.8 Å². The van der Waals surface area contributed by atoms with E-state index >= 15 is 0 Å². The van der Waals surface area contributed by atoms with Gasteiger partial charge in [0, 0.05) is 0 Å². The molecule has 2 unspecified atom stereocenters. The molecular weight excluding hydrogens is 424 g/mol. The normalized spacial score (nSPS) is 17.9. The van der Waals surface area contributed by atoms with Gasteiger partial charge in [0.25, 0.3) is 0 Å². The molecule has 0 spiro atoms. The zero-order valence-electron chi connectivity index (χ0n) is 22.3. The number of rotatable bonds is 6. The summed E-state index contributed by atoms with van der Waals surface area (Å²) in [5.41, 5.74) is 10.3. The van der Waals surface area contributed by atoms with Crippen LogP contribution < -0.4 is 15.6 Å². The fourth-order valence-electron chi connectivity index (χ4n) is 6.35. The lowest BCUT2D eigenvalue weighted by Gasteiger charge is -2.41. The number of benzene rings is 3. The van der Waals surface area contributed by atoms with E-state index in [0.717, 1.165) is 12.8 Å². The lowest BCUT2D eigenvalue weighted by molar-refractivity contribution is 0.851. The van der Waals surface area contributed by atoms with Crippen molar-refractivity contribution in [2.24, 2.45) is 5.92 Å². The number of hydrogen-bond acceptors (Lipinski definition) is 0. The maximum Gasteiger partial charge on any atom is 0.177 e. The molecule has 1 aliphatic carbocycles. The molecule has 0 bridgehead atoms. The van der Waals surface area contributed by atoms with E-state index in [1.54, 1.807) is 15.6 Å². The van der Waals surface area contributed by atoms with Crippen molar-refractivity contribution in [3.8, 4) is 0 Å². The van der Waals surface area contributed by atoms with E-state index < -0.39 is 8.07 Å². The van der Waals surface area contributed by atoms with Gasteiger partial charge in [0.2, 0.25) is 0 Å².